The molecular formula is C16H13ClN2O6. The lowest BCUT2D eigenvalue weighted by molar-refractivity contribution is -0.384. The first kappa shape index (κ1) is 18.2. The van der Waals surface area contributed by atoms with Crippen molar-refractivity contribution in [3.63, 3.8) is 0 Å². The summed E-state index contributed by atoms with van der Waals surface area (Å²) in [7, 11) is 1.38. The molecule has 0 radical (unpaired) electrons. The van der Waals surface area contributed by atoms with Crippen LogP contribution in [-0.2, 0) is 9.53 Å². The van der Waals surface area contributed by atoms with E-state index in [2.05, 4.69) is 5.32 Å². The van der Waals surface area contributed by atoms with Gasteiger partial charge in [0, 0.05) is 22.8 Å². The molecule has 25 heavy (non-hydrogen) atoms. The van der Waals surface area contributed by atoms with Gasteiger partial charge in [-0.05, 0) is 24.3 Å². The molecule has 0 atom stereocenters. The van der Waals surface area contributed by atoms with E-state index in [1.54, 1.807) is 6.07 Å². The van der Waals surface area contributed by atoms with Crippen molar-refractivity contribution in [3.05, 3.63) is 63.2 Å². The Hall–Kier alpha value is -3.13. The topological polar surface area (TPSA) is 108 Å². The van der Waals surface area contributed by atoms with Crippen LogP contribution in [0.1, 0.15) is 10.4 Å². The van der Waals surface area contributed by atoms with Crippen LogP contribution in [0.25, 0.3) is 0 Å². The highest BCUT2D eigenvalue weighted by atomic mass is 35.5. The lowest BCUT2D eigenvalue weighted by atomic mass is 10.2. The molecule has 0 aliphatic carbocycles. The van der Waals surface area contributed by atoms with Gasteiger partial charge in [0.2, 0.25) is 0 Å². The summed E-state index contributed by atoms with van der Waals surface area (Å²) in [6, 6.07) is 9.81. The summed E-state index contributed by atoms with van der Waals surface area (Å²) in [6.07, 6.45) is 0. The number of halogens is 1. The van der Waals surface area contributed by atoms with Crippen molar-refractivity contribution in [2.75, 3.05) is 19.0 Å². The largest absolute Gasteiger partial charge is 0.496 e. The van der Waals surface area contributed by atoms with Gasteiger partial charge in [0.05, 0.1) is 12.0 Å². The summed E-state index contributed by atoms with van der Waals surface area (Å²) in [5.41, 5.74) is 0.132. The van der Waals surface area contributed by atoms with Crippen LogP contribution in [0, 0.1) is 10.1 Å². The Labute approximate surface area is 147 Å². The van der Waals surface area contributed by atoms with E-state index in [1.165, 1.54) is 43.5 Å². The SMILES string of the molecule is COc1ccc(Cl)cc1C(=O)OCC(=O)Nc1cccc([N+](=O)[O-])c1. The van der Waals surface area contributed by atoms with Gasteiger partial charge >= 0.3 is 5.97 Å². The second-order valence-electron chi connectivity index (χ2n) is 4.78. The number of nitro benzene ring substituents is 1. The van der Waals surface area contributed by atoms with E-state index in [9.17, 15) is 19.7 Å². The van der Waals surface area contributed by atoms with Crippen molar-refractivity contribution in [1.82, 2.24) is 0 Å². The second-order valence-corrected chi connectivity index (χ2v) is 5.21. The number of nitrogens with zero attached hydrogens (tertiary/aromatic N) is 1. The number of benzene rings is 2. The monoisotopic (exact) mass is 364 g/mol. The third kappa shape index (κ3) is 4.92. The molecular weight excluding hydrogens is 352 g/mol. The quantitative estimate of drug-likeness (QED) is 0.479. The lowest BCUT2D eigenvalue weighted by Gasteiger charge is -2.09. The van der Waals surface area contributed by atoms with Gasteiger partial charge in [-0.25, -0.2) is 4.79 Å². The summed E-state index contributed by atoms with van der Waals surface area (Å²) in [4.78, 5) is 34.0. The number of hydrogen-bond acceptors (Lipinski definition) is 6. The molecule has 2 aromatic carbocycles. The molecule has 130 valence electrons. The number of ether oxygens (including phenoxy) is 2. The van der Waals surface area contributed by atoms with E-state index in [4.69, 9.17) is 21.1 Å². The number of nitrogens with one attached hydrogen (secondary N) is 1. The molecule has 0 unspecified atom stereocenters. The predicted molar refractivity (Wildman–Crippen MR) is 90.0 cm³/mol. The van der Waals surface area contributed by atoms with Crippen LogP contribution in [0.5, 0.6) is 5.75 Å². The zero-order valence-corrected chi connectivity index (χ0v) is 13.8. The Morgan fingerprint density at radius 3 is 2.68 bits per heavy atom. The molecule has 0 fully saturated rings. The highest BCUT2D eigenvalue weighted by molar-refractivity contribution is 6.31. The van der Waals surface area contributed by atoms with Crippen molar-refractivity contribution in [1.29, 1.82) is 0 Å². The molecule has 0 saturated carbocycles. The van der Waals surface area contributed by atoms with E-state index in [0.29, 0.717) is 5.02 Å². The maximum atomic E-state index is 12.0. The van der Waals surface area contributed by atoms with Crippen molar-refractivity contribution >= 4 is 34.9 Å². The van der Waals surface area contributed by atoms with Crippen LogP contribution in [-0.4, -0.2) is 30.5 Å². The van der Waals surface area contributed by atoms with Crippen LogP contribution in [0.3, 0.4) is 0 Å². The first-order chi connectivity index (χ1) is 11.9. The molecule has 1 amide bonds. The maximum absolute atomic E-state index is 12.0. The normalized spacial score (nSPS) is 10.0. The van der Waals surface area contributed by atoms with E-state index < -0.39 is 23.4 Å². The third-order valence-electron chi connectivity index (χ3n) is 3.06. The number of methoxy groups -OCH3 is 1. The highest BCUT2D eigenvalue weighted by Crippen LogP contribution is 2.23. The van der Waals surface area contributed by atoms with Crippen molar-refractivity contribution in [2.45, 2.75) is 0 Å². The van der Waals surface area contributed by atoms with E-state index in [1.807, 2.05) is 0 Å². The van der Waals surface area contributed by atoms with Gasteiger partial charge in [-0.2, -0.15) is 0 Å². The number of carbonyl (C=O) groups is 2. The maximum Gasteiger partial charge on any atom is 0.342 e. The number of nitro groups is 1. The van der Waals surface area contributed by atoms with Crippen LogP contribution in [0.4, 0.5) is 11.4 Å². The number of rotatable bonds is 6. The molecule has 2 rings (SSSR count). The molecule has 9 heteroatoms. The first-order valence-electron chi connectivity index (χ1n) is 6.95. The van der Waals surface area contributed by atoms with Crippen molar-refractivity contribution in [3.8, 4) is 5.75 Å². The molecule has 0 aromatic heterocycles. The van der Waals surface area contributed by atoms with Crippen molar-refractivity contribution in [2.24, 2.45) is 0 Å². The summed E-state index contributed by atoms with van der Waals surface area (Å²) in [5, 5.41) is 13.4. The molecule has 0 saturated heterocycles. The standard InChI is InChI=1S/C16H13ClN2O6/c1-24-14-6-5-10(17)7-13(14)16(21)25-9-15(20)18-11-3-2-4-12(8-11)19(22)23/h2-8H,9H2,1H3,(H,18,20). The fourth-order valence-corrected chi connectivity index (χ4v) is 2.11. The molecule has 0 bridgehead atoms. The Morgan fingerprint density at radius 1 is 1.24 bits per heavy atom. The smallest absolute Gasteiger partial charge is 0.342 e. The summed E-state index contributed by atoms with van der Waals surface area (Å²) in [6.45, 7) is -0.572. The summed E-state index contributed by atoms with van der Waals surface area (Å²) >= 11 is 5.83. The lowest BCUT2D eigenvalue weighted by Crippen LogP contribution is -2.21. The molecule has 0 spiro atoms. The second kappa shape index (κ2) is 8.11. The van der Waals surface area contributed by atoms with Gasteiger partial charge in [-0.3, -0.25) is 14.9 Å². The molecule has 1 N–H and O–H groups in total. The van der Waals surface area contributed by atoms with Gasteiger partial charge in [0.1, 0.15) is 11.3 Å². The Bertz CT molecular complexity index is 824. The number of hydrogen-bond donors (Lipinski definition) is 1. The van der Waals surface area contributed by atoms with Gasteiger partial charge in [0.25, 0.3) is 11.6 Å². The number of non-ortho nitro benzene ring substituents is 1. The molecule has 2 aromatic rings. The van der Waals surface area contributed by atoms with Crippen LogP contribution in [0.2, 0.25) is 5.02 Å². The number of esters is 1. The number of carbonyl (C=O) groups excluding carboxylic acids is 2. The molecule has 0 aliphatic rings. The highest BCUT2D eigenvalue weighted by Gasteiger charge is 2.16. The van der Waals surface area contributed by atoms with E-state index >= 15 is 0 Å². The third-order valence-corrected chi connectivity index (χ3v) is 3.29. The minimum absolute atomic E-state index is 0.0816. The zero-order valence-electron chi connectivity index (χ0n) is 13.0. The molecule has 8 nitrogen and oxygen atoms in total. The Morgan fingerprint density at radius 2 is 2.00 bits per heavy atom. The Kier molecular flexibility index (Phi) is 5.91. The van der Waals surface area contributed by atoms with Crippen molar-refractivity contribution < 1.29 is 24.0 Å². The van der Waals surface area contributed by atoms with Gasteiger partial charge in [0.15, 0.2) is 6.61 Å². The van der Waals surface area contributed by atoms with Gasteiger partial charge < -0.3 is 14.8 Å². The summed E-state index contributed by atoms with van der Waals surface area (Å²) in [5.74, 6) is -1.17. The minimum atomic E-state index is -0.784. The molecule has 0 aliphatic heterocycles. The fraction of sp³-hybridized carbons (Fsp3) is 0.125. The predicted octanol–water partition coefficient (Wildman–Crippen LogP) is 3.05. The van der Waals surface area contributed by atoms with Crippen LogP contribution < -0.4 is 10.1 Å². The summed E-state index contributed by atoms with van der Waals surface area (Å²) < 4.78 is 9.95. The van der Waals surface area contributed by atoms with Gasteiger partial charge in [-0.15, -0.1) is 0 Å². The average molecular weight is 365 g/mol. The van der Waals surface area contributed by atoms with Crippen LogP contribution >= 0.6 is 11.6 Å². The fourth-order valence-electron chi connectivity index (χ4n) is 1.94. The minimum Gasteiger partial charge on any atom is -0.496 e. The van der Waals surface area contributed by atoms with Gasteiger partial charge in [-0.1, -0.05) is 17.7 Å². The van der Waals surface area contributed by atoms with E-state index in [0.717, 1.165) is 0 Å². The van der Waals surface area contributed by atoms with Crippen LogP contribution in [0.15, 0.2) is 42.5 Å². The average Bonchev–Trinajstić information content (AvgIpc) is 2.59. The zero-order chi connectivity index (χ0) is 18.4. The first-order valence-corrected chi connectivity index (χ1v) is 7.33. The van der Waals surface area contributed by atoms with E-state index in [-0.39, 0.29) is 22.7 Å². The Balaban J connectivity index is 1.98. The number of amides is 1. The number of anilines is 1. The molecule has 0 heterocycles.